The van der Waals surface area contributed by atoms with Crippen LogP contribution in [0.15, 0.2) is 45.8 Å². The summed E-state index contributed by atoms with van der Waals surface area (Å²) < 4.78 is 41.6. The molecule has 0 saturated carbocycles. The van der Waals surface area contributed by atoms with Crippen LogP contribution in [0.4, 0.5) is 4.39 Å². The maximum absolute atomic E-state index is 13.5. The molecule has 2 aromatic carbocycles. The maximum atomic E-state index is 13.5. The van der Waals surface area contributed by atoms with E-state index in [-0.39, 0.29) is 22.0 Å². The van der Waals surface area contributed by atoms with Crippen molar-refractivity contribution in [1.29, 1.82) is 5.26 Å². The zero-order valence-corrected chi connectivity index (χ0v) is 13.3. The van der Waals surface area contributed by atoms with Gasteiger partial charge in [0, 0.05) is 10.7 Å². The number of halogens is 3. The number of nitrogens with zero attached hydrogens (tertiary/aromatic N) is 1. The Morgan fingerprint density at radius 3 is 2.52 bits per heavy atom. The Hall–Kier alpha value is -1.62. The summed E-state index contributed by atoms with van der Waals surface area (Å²) in [4.78, 5) is -0.108. The van der Waals surface area contributed by atoms with Gasteiger partial charge in [0.2, 0.25) is 0 Å². The molecule has 108 valence electrons. The van der Waals surface area contributed by atoms with Crippen LogP contribution in [0.5, 0.6) is 11.5 Å². The number of ether oxygens (including phenoxy) is 1. The molecule has 0 atom stereocenters. The van der Waals surface area contributed by atoms with Crippen molar-refractivity contribution in [2.45, 2.75) is 4.90 Å². The Kier molecular flexibility index (Phi) is 4.52. The Labute approximate surface area is 133 Å². The zero-order valence-electron chi connectivity index (χ0n) is 10.2. The highest BCUT2D eigenvalue weighted by Crippen LogP contribution is 2.34. The molecular formula is C13H6BrClFNO3S. The molecule has 0 amide bonds. The second kappa shape index (κ2) is 6.02. The van der Waals surface area contributed by atoms with Gasteiger partial charge in [-0.15, -0.1) is 0 Å². The molecule has 0 radical (unpaired) electrons. The fourth-order valence-corrected chi connectivity index (χ4v) is 2.92. The molecule has 0 spiro atoms. The van der Waals surface area contributed by atoms with Crippen LogP contribution in [0, 0.1) is 17.1 Å². The first-order valence-corrected chi connectivity index (χ1v) is 8.54. The van der Waals surface area contributed by atoms with Crippen molar-refractivity contribution in [3.8, 4) is 17.6 Å². The number of hydrogen-bond acceptors (Lipinski definition) is 4. The second-order valence-electron chi connectivity index (χ2n) is 3.86. The van der Waals surface area contributed by atoms with Crippen LogP contribution in [-0.2, 0) is 9.05 Å². The van der Waals surface area contributed by atoms with Crippen molar-refractivity contribution in [3.05, 3.63) is 52.3 Å². The van der Waals surface area contributed by atoms with Crippen molar-refractivity contribution in [2.24, 2.45) is 0 Å². The van der Waals surface area contributed by atoms with Crippen molar-refractivity contribution >= 4 is 35.7 Å². The van der Waals surface area contributed by atoms with Crippen molar-refractivity contribution in [3.63, 3.8) is 0 Å². The molecule has 0 fully saturated rings. The van der Waals surface area contributed by atoms with E-state index in [0.717, 1.165) is 6.07 Å². The SMILES string of the molecule is N#Cc1c(F)cccc1Oc1ccc(S(=O)(=O)Cl)cc1Br. The van der Waals surface area contributed by atoms with Crippen molar-refractivity contribution < 1.29 is 17.5 Å². The summed E-state index contributed by atoms with van der Waals surface area (Å²) in [5.41, 5.74) is -0.238. The smallest absolute Gasteiger partial charge is 0.261 e. The van der Waals surface area contributed by atoms with Gasteiger partial charge in [-0.1, -0.05) is 6.07 Å². The molecular weight excluding hydrogens is 385 g/mol. The molecule has 8 heteroatoms. The van der Waals surface area contributed by atoms with Gasteiger partial charge >= 0.3 is 0 Å². The average molecular weight is 391 g/mol. The molecule has 0 aromatic heterocycles. The number of rotatable bonds is 3. The lowest BCUT2D eigenvalue weighted by Crippen LogP contribution is -1.94. The Morgan fingerprint density at radius 1 is 1.24 bits per heavy atom. The minimum Gasteiger partial charge on any atom is -0.455 e. The van der Waals surface area contributed by atoms with E-state index in [0.29, 0.717) is 4.47 Å². The highest BCUT2D eigenvalue weighted by Gasteiger charge is 2.15. The molecule has 0 heterocycles. The van der Waals surface area contributed by atoms with Crippen LogP contribution in [0.3, 0.4) is 0 Å². The van der Waals surface area contributed by atoms with Gasteiger partial charge in [-0.3, -0.25) is 0 Å². The first-order valence-electron chi connectivity index (χ1n) is 5.43. The van der Waals surface area contributed by atoms with Crippen LogP contribution in [-0.4, -0.2) is 8.42 Å². The van der Waals surface area contributed by atoms with Gasteiger partial charge in [0.25, 0.3) is 9.05 Å². The molecule has 0 N–H and O–H groups in total. The molecule has 0 aliphatic carbocycles. The van der Waals surface area contributed by atoms with E-state index in [2.05, 4.69) is 15.9 Å². The standard InChI is InChI=1S/C13H6BrClFNO3S/c14-10-6-8(21(15,18)19)4-5-13(10)20-12-3-1-2-11(16)9(12)7-17/h1-6H. The van der Waals surface area contributed by atoms with E-state index in [4.69, 9.17) is 20.7 Å². The quantitative estimate of drug-likeness (QED) is 0.737. The lowest BCUT2D eigenvalue weighted by atomic mass is 10.2. The highest BCUT2D eigenvalue weighted by molar-refractivity contribution is 9.10. The summed E-state index contributed by atoms with van der Waals surface area (Å²) in [6.07, 6.45) is 0. The van der Waals surface area contributed by atoms with E-state index in [1.54, 1.807) is 6.07 Å². The normalized spacial score (nSPS) is 11.0. The zero-order chi connectivity index (χ0) is 15.6. The first-order chi connectivity index (χ1) is 9.82. The van der Waals surface area contributed by atoms with Gasteiger partial charge in [-0.05, 0) is 46.3 Å². The minimum absolute atomic E-state index is 0.0275. The summed E-state index contributed by atoms with van der Waals surface area (Å²) in [7, 11) is 1.37. The number of hydrogen-bond donors (Lipinski definition) is 0. The van der Waals surface area contributed by atoms with Gasteiger partial charge in [0.15, 0.2) is 0 Å². The molecule has 0 aliphatic heterocycles. The van der Waals surface area contributed by atoms with Crippen molar-refractivity contribution in [2.75, 3.05) is 0 Å². The summed E-state index contributed by atoms with van der Waals surface area (Å²) in [5, 5.41) is 8.92. The summed E-state index contributed by atoms with van der Waals surface area (Å²) in [6, 6.07) is 9.53. The largest absolute Gasteiger partial charge is 0.455 e. The predicted octanol–water partition coefficient (Wildman–Crippen LogP) is 4.18. The van der Waals surface area contributed by atoms with Gasteiger partial charge in [0.05, 0.1) is 9.37 Å². The third kappa shape index (κ3) is 3.53. The van der Waals surface area contributed by atoms with Crippen LogP contribution < -0.4 is 4.74 Å². The third-order valence-corrected chi connectivity index (χ3v) is 4.46. The topological polar surface area (TPSA) is 67.2 Å². The lowest BCUT2D eigenvalue weighted by molar-refractivity contribution is 0.471. The van der Waals surface area contributed by atoms with Crippen LogP contribution in [0.2, 0.25) is 0 Å². The molecule has 21 heavy (non-hydrogen) atoms. The molecule has 0 saturated heterocycles. The molecule has 2 aromatic rings. The van der Waals surface area contributed by atoms with Gasteiger partial charge < -0.3 is 4.74 Å². The molecule has 4 nitrogen and oxygen atoms in total. The molecule has 2 rings (SSSR count). The first kappa shape index (κ1) is 15.8. The Bertz CT molecular complexity index is 849. The monoisotopic (exact) mass is 389 g/mol. The number of nitriles is 1. The van der Waals surface area contributed by atoms with Crippen LogP contribution in [0.1, 0.15) is 5.56 Å². The van der Waals surface area contributed by atoms with Gasteiger partial charge in [-0.2, -0.15) is 5.26 Å². The van der Waals surface area contributed by atoms with E-state index < -0.39 is 14.9 Å². The maximum Gasteiger partial charge on any atom is 0.261 e. The predicted molar refractivity (Wildman–Crippen MR) is 78.4 cm³/mol. The van der Waals surface area contributed by atoms with Crippen molar-refractivity contribution in [1.82, 2.24) is 0 Å². The van der Waals surface area contributed by atoms with Crippen LogP contribution in [0.25, 0.3) is 0 Å². The number of benzene rings is 2. The highest BCUT2D eigenvalue weighted by atomic mass is 79.9. The molecule has 0 unspecified atom stereocenters. The second-order valence-corrected chi connectivity index (χ2v) is 7.28. The molecule has 0 aliphatic rings. The average Bonchev–Trinajstić information content (AvgIpc) is 2.40. The van der Waals surface area contributed by atoms with E-state index >= 15 is 0 Å². The van der Waals surface area contributed by atoms with Gasteiger partial charge in [-0.25, -0.2) is 12.8 Å². The minimum atomic E-state index is -3.86. The lowest BCUT2D eigenvalue weighted by Gasteiger charge is -2.10. The molecule has 0 bridgehead atoms. The van der Waals surface area contributed by atoms with Crippen LogP contribution >= 0.6 is 26.6 Å². The Morgan fingerprint density at radius 2 is 1.95 bits per heavy atom. The third-order valence-electron chi connectivity index (χ3n) is 2.49. The summed E-state index contributed by atoms with van der Waals surface area (Å²) in [5.74, 6) is -0.452. The fourth-order valence-electron chi connectivity index (χ4n) is 1.53. The van der Waals surface area contributed by atoms with E-state index in [1.165, 1.54) is 30.3 Å². The Balaban J connectivity index is 2.43. The van der Waals surface area contributed by atoms with E-state index in [9.17, 15) is 12.8 Å². The summed E-state index contributed by atoms with van der Waals surface area (Å²) >= 11 is 3.14. The van der Waals surface area contributed by atoms with Gasteiger partial charge in [0.1, 0.15) is 28.9 Å². The van der Waals surface area contributed by atoms with E-state index in [1.807, 2.05) is 0 Å². The fraction of sp³-hybridized carbons (Fsp3) is 0. The summed E-state index contributed by atoms with van der Waals surface area (Å²) in [6.45, 7) is 0.